The highest BCUT2D eigenvalue weighted by Gasteiger charge is 2.13. The summed E-state index contributed by atoms with van der Waals surface area (Å²) in [6.07, 6.45) is 0.526. The van der Waals surface area contributed by atoms with Crippen molar-refractivity contribution in [2.75, 3.05) is 0 Å². The maximum atomic E-state index is 12.0. The maximum absolute atomic E-state index is 12.0. The molecule has 0 saturated carbocycles. The zero-order valence-electron chi connectivity index (χ0n) is 8.79. The average Bonchev–Trinajstić information content (AvgIpc) is 2.15. The second-order valence-electron chi connectivity index (χ2n) is 3.25. The van der Waals surface area contributed by atoms with Gasteiger partial charge in [-0.05, 0) is 31.5 Å². The Balaban J connectivity index is 3.28. The number of carbonyl (C=O) groups excluding carboxylic acids is 2. The lowest BCUT2D eigenvalue weighted by Crippen LogP contribution is -2.06. The number of halogens is 2. The number of alkyl halides is 2. The summed E-state index contributed by atoms with van der Waals surface area (Å²) in [7, 11) is 0. The van der Waals surface area contributed by atoms with Crippen LogP contribution in [0.1, 0.15) is 33.2 Å². The van der Waals surface area contributed by atoms with Crippen molar-refractivity contribution in [1.29, 1.82) is 0 Å². The predicted octanol–water partition coefficient (Wildman–Crippen LogP) is 2.61. The first-order chi connectivity index (χ1) is 7.45. The molecule has 0 aliphatic carbocycles. The first kappa shape index (κ1) is 12.3. The minimum absolute atomic E-state index is 0.0886. The molecule has 16 heavy (non-hydrogen) atoms. The van der Waals surface area contributed by atoms with Crippen molar-refractivity contribution in [2.45, 2.75) is 20.5 Å². The van der Waals surface area contributed by atoms with Crippen LogP contribution in [0, 0.1) is 6.92 Å². The molecule has 1 aromatic carbocycles. The number of ether oxygens (including phenoxy) is 1. The fourth-order valence-electron chi connectivity index (χ4n) is 1.38. The summed E-state index contributed by atoms with van der Waals surface area (Å²) in [6.45, 7) is -0.149. The molecule has 0 bridgehead atoms. The molecule has 5 heteroatoms. The SMILES string of the molecule is CC(=O)c1cc(OC(F)F)cc(C)c1C=O. The van der Waals surface area contributed by atoms with Crippen molar-refractivity contribution < 1.29 is 23.1 Å². The summed E-state index contributed by atoms with van der Waals surface area (Å²) in [4.78, 5) is 22.0. The molecule has 0 saturated heterocycles. The van der Waals surface area contributed by atoms with Crippen LogP contribution in [0.5, 0.6) is 5.75 Å². The molecule has 1 aromatic rings. The molecule has 86 valence electrons. The monoisotopic (exact) mass is 228 g/mol. The molecule has 0 unspecified atom stereocenters. The summed E-state index contributed by atoms with van der Waals surface area (Å²) >= 11 is 0. The zero-order valence-corrected chi connectivity index (χ0v) is 8.79. The Bertz CT molecular complexity index is 427. The van der Waals surface area contributed by atoms with E-state index < -0.39 is 6.61 Å². The van der Waals surface area contributed by atoms with Gasteiger partial charge in [-0.25, -0.2) is 0 Å². The van der Waals surface area contributed by atoms with Gasteiger partial charge >= 0.3 is 6.61 Å². The molecule has 0 N–H and O–H groups in total. The molecule has 0 aliphatic heterocycles. The summed E-state index contributed by atoms with van der Waals surface area (Å²) in [5.41, 5.74) is 0.720. The van der Waals surface area contributed by atoms with Crippen LogP contribution in [-0.4, -0.2) is 18.7 Å². The number of ketones is 1. The van der Waals surface area contributed by atoms with Crippen molar-refractivity contribution in [1.82, 2.24) is 0 Å². The van der Waals surface area contributed by atoms with E-state index in [-0.39, 0.29) is 22.7 Å². The van der Waals surface area contributed by atoms with Gasteiger partial charge in [-0.3, -0.25) is 9.59 Å². The van der Waals surface area contributed by atoms with Gasteiger partial charge in [0.1, 0.15) is 5.75 Å². The topological polar surface area (TPSA) is 43.4 Å². The van der Waals surface area contributed by atoms with E-state index in [4.69, 9.17) is 0 Å². The molecule has 0 spiro atoms. The van der Waals surface area contributed by atoms with Crippen LogP contribution in [0.15, 0.2) is 12.1 Å². The fraction of sp³-hybridized carbons (Fsp3) is 0.273. The van der Waals surface area contributed by atoms with E-state index in [1.165, 1.54) is 13.0 Å². The number of benzene rings is 1. The van der Waals surface area contributed by atoms with E-state index in [1.807, 2.05) is 0 Å². The van der Waals surface area contributed by atoms with E-state index in [0.717, 1.165) is 6.07 Å². The van der Waals surface area contributed by atoms with Crippen LogP contribution < -0.4 is 4.74 Å². The smallest absolute Gasteiger partial charge is 0.387 e. The predicted molar refractivity (Wildman–Crippen MR) is 53.2 cm³/mol. The largest absolute Gasteiger partial charge is 0.435 e. The minimum Gasteiger partial charge on any atom is -0.435 e. The van der Waals surface area contributed by atoms with Crippen LogP contribution in [0.3, 0.4) is 0 Å². The normalized spacial score (nSPS) is 10.3. The van der Waals surface area contributed by atoms with E-state index in [1.54, 1.807) is 6.92 Å². The molecule has 0 aliphatic rings. The number of carbonyl (C=O) groups is 2. The molecule has 0 amide bonds. The second-order valence-corrected chi connectivity index (χ2v) is 3.25. The maximum Gasteiger partial charge on any atom is 0.387 e. The zero-order chi connectivity index (χ0) is 12.3. The van der Waals surface area contributed by atoms with Crippen molar-refractivity contribution in [2.24, 2.45) is 0 Å². The number of rotatable bonds is 4. The average molecular weight is 228 g/mol. The Labute approximate surface area is 91.0 Å². The molecule has 0 radical (unpaired) electrons. The standard InChI is InChI=1S/C11H10F2O3/c1-6-3-8(16-11(12)13)4-9(7(2)15)10(6)5-14/h3-5,11H,1-2H3. The van der Waals surface area contributed by atoms with Gasteiger partial charge < -0.3 is 4.74 Å². The van der Waals surface area contributed by atoms with Gasteiger partial charge in [0.25, 0.3) is 0 Å². The molecular weight excluding hydrogens is 218 g/mol. The van der Waals surface area contributed by atoms with E-state index in [2.05, 4.69) is 4.74 Å². The van der Waals surface area contributed by atoms with Gasteiger partial charge in [0.2, 0.25) is 0 Å². The van der Waals surface area contributed by atoms with Gasteiger partial charge in [0.15, 0.2) is 12.1 Å². The third-order valence-electron chi connectivity index (χ3n) is 2.08. The van der Waals surface area contributed by atoms with Gasteiger partial charge in [0, 0.05) is 11.1 Å². The van der Waals surface area contributed by atoms with E-state index >= 15 is 0 Å². The lowest BCUT2D eigenvalue weighted by Gasteiger charge is -2.09. The lowest BCUT2D eigenvalue weighted by molar-refractivity contribution is -0.0499. The first-order valence-electron chi connectivity index (χ1n) is 4.51. The molecule has 0 fully saturated rings. The highest BCUT2D eigenvalue weighted by molar-refractivity contribution is 6.02. The summed E-state index contributed by atoms with van der Waals surface area (Å²) in [6, 6.07) is 2.44. The van der Waals surface area contributed by atoms with Crippen LogP contribution in [0.4, 0.5) is 8.78 Å². The van der Waals surface area contributed by atoms with Crippen LogP contribution in [0.25, 0.3) is 0 Å². The molecule has 0 atom stereocenters. The Hall–Kier alpha value is -1.78. The summed E-state index contributed by atoms with van der Waals surface area (Å²) in [5, 5.41) is 0. The Kier molecular flexibility index (Phi) is 3.71. The van der Waals surface area contributed by atoms with Gasteiger partial charge in [-0.15, -0.1) is 0 Å². The van der Waals surface area contributed by atoms with Gasteiger partial charge in [-0.1, -0.05) is 0 Å². The first-order valence-corrected chi connectivity index (χ1v) is 4.51. The third-order valence-corrected chi connectivity index (χ3v) is 2.08. The van der Waals surface area contributed by atoms with Crippen LogP contribution in [-0.2, 0) is 0 Å². The van der Waals surface area contributed by atoms with Crippen LogP contribution in [0.2, 0.25) is 0 Å². The van der Waals surface area contributed by atoms with E-state index in [9.17, 15) is 18.4 Å². The Morgan fingerprint density at radius 2 is 2.06 bits per heavy atom. The molecule has 3 nitrogen and oxygen atoms in total. The minimum atomic E-state index is -2.96. The summed E-state index contributed by atoms with van der Waals surface area (Å²) < 4.78 is 28.2. The number of hydrogen-bond donors (Lipinski definition) is 0. The molecule has 0 heterocycles. The number of aryl methyl sites for hydroxylation is 1. The number of hydrogen-bond acceptors (Lipinski definition) is 3. The van der Waals surface area contributed by atoms with Crippen molar-refractivity contribution in [3.8, 4) is 5.75 Å². The van der Waals surface area contributed by atoms with Crippen molar-refractivity contribution in [3.05, 3.63) is 28.8 Å². The number of aldehydes is 1. The Morgan fingerprint density at radius 3 is 2.50 bits per heavy atom. The quantitative estimate of drug-likeness (QED) is 0.587. The summed E-state index contributed by atoms with van der Waals surface area (Å²) in [5.74, 6) is -0.492. The van der Waals surface area contributed by atoms with Crippen molar-refractivity contribution in [3.63, 3.8) is 0 Å². The third kappa shape index (κ3) is 2.62. The number of Topliss-reactive ketones (excluding diaryl/α,β-unsaturated/α-hetero) is 1. The molecule has 0 aromatic heterocycles. The lowest BCUT2D eigenvalue weighted by atomic mass is 10.00. The van der Waals surface area contributed by atoms with Crippen molar-refractivity contribution >= 4 is 12.1 Å². The highest BCUT2D eigenvalue weighted by atomic mass is 19.3. The Morgan fingerprint density at radius 1 is 1.44 bits per heavy atom. The van der Waals surface area contributed by atoms with Gasteiger partial charge in [-0.2, -0.15) is 8.78 Å². The van der Waals surface area contributed by atoms with Gasteiger partial charge in [0.05, 0.1) is 0 Å². The fourth-order valence-corrected chi connectivity index (χ4v) is 1.38. The molecular formula is C11H10F2O3. The second kappa shape index (κ2) is 4.83. The molecule has 1 rings (SSSR count). The van der Waals surface area contributed by atoms with Crippen LogP contribution >= 0.6 is 0 Å². The highest BCUT2D eigenvalue weighted by Crippen LogP contribution is 2.23. The van der Waals surface area contributed by atoms with E-state index in [0.29, 0.717) is 11.8 Å².